The van der Waals surface area contributed by atoms with Gasteiger partial charge in [-0.2, -0.15) is 8.42 Å². The summed E-state index contributed by atoms with van der Waals surface area (Å²) in [6.07, 6.45) is 5.73. The molecule has 0 amide bonds. The molecule has 0 aromatic carbocycles. The van der Waals surface area contributed by atoms with Crippen LogP contribution in [0.15, 0.2) is 0 Å². The van der Waals surface area contributed by atoms with E-state index in [2.05, 4.69) is 13.8 Å². The maximum absolute atomic E-state index is 12.2. The lowest BCUT2D eigenvalue weighted by molar-refractivity contribution is -0.169. The van der Waals surface area contributed by atoms with Gasteiger partial charge < -0.3 is 5.11 Å². The third-order valence-corrected chi connectivity index (χ3v) is 9.89. The molecule has 7 heteroatoms. The van der Waals surface area contributed by atoms with Gasteiger partial charge in [-0.15, -0.1) is 0 Å². The highest BCUT2D eigenvalue weighted by atomic mass is 32.3. The Hall–Kier alpha value is -0.500. The minimum atomic E-state index is -4.47. The van der Waals surface area contributed by atoms with Crippen molar-refractivity contribution in [2.75, 3.05) is 0 Å². The largest absolute Gasteiger partial charge is 0.397 e. The van der Waals surface area contributed by atoms with Crippen LogP contribution >= 0.6 is 0 Å². The summed E-state index contributed by atoms with van der Waals surface area (Å²) in [5.74, 6) is 1.87. The van der Waals surface area contributed by atoms with Crippen LogP contribution in [0, 0.1) is 40.4 Å². The van der Waals surface area contributed by atoms with Gasteiger partial charge in [0.25, 0.3) is 0 Å². The minimum absolute atomic E-state index is 0.0105. The van der Waals surface area contributed by atoms with Gasteiger partial charge in [-0.25, -0.2) is 4.18 Å². The first-order valence-electron chi connectivity index (χ1n) is 10.8. The second-order valence-electron chi connectivity index (χ2n) is 10.5. The normalized spacial score (nSPS) is 51.1. The topological polar surface area (TPSA) is 101 Å². The zero-order valence-corrected chi connectivity index (χ0v) is 18.0. The van der Waals surface area contributed by atoms with E-state index in [1.54, 1.807) is 6.92 Å². The molecule has 4 fully saturated rings. The lowest BCUT2D eigenvalue weighted by atomic mass is 9.44. The number of fused-ring (bicyclic) bond motifs is 5. The van der Waals surface area contributed by atoms with E-state index in [1.165, 1.54) is 0 Å². The van der Waals surface area contributed by atoms with Crippen molar-refractivity contribution in [3.8, 4) is 0 Å². The summed E-state index contributed by atoms with van der Waals surface area (Å²) < 4.78 is 36.2. The Morgan fingerprint density at radius 1 is 0.964 bits per heavy atom. The Labute approximate surface area is 168 Å². The Balaban J connectivity index is 1.58. The van der Waals surface area contributed by atoms with E-state index in [1.807, 2.05) is 0 Å². The minimum Gasteiger partial charge on any atom is -0.393 e. The molecular formula is C21H34O6S. The van der Waals surface area contributed by atoms with Gasteiger partial charge in [0, 0.05) is 5.92 Å². The predicted octanol–water partition coefficient (Wildman–Crippen LogP) is 3.39. The molecule has 2 N–H and O–H groups in total. The molecule has 0 heterocycles. The lowest BCUT2D eigenvalue weighted by Crippen LogP contribution is -2.58. The molecule has 28 heavy (non-hydrogen) atoms. The van der Waals surface area contributed by atoms with Crippen LogP contribution in [0.4, 0.5) is 0 Å². The molecule has 0 radical (unpaired) electrons. The fraction of sp³-hybridized carbons (Fsp3) is 0.952. The molecule has 4 aliphatic rings. The van der Waals surface area contributed by atoms with Gasteiger partial charge in [0.05, 0.1) is 12.2 Å². The van der Waals surface area contributed by atoms with E-state index < -0.39 is 22.6 Å². The molecular weight excluding hydrogens is 380 g/mol. The number of Topliss-reactive ketones (excluding diaryl/α,β-unsaturated/α-hetero) is 1. The van der Waals surface area contributed by atoms with Gasteiger partial charge in [-0.1, -0.05) is 13.8 Å². The molecule has 0 aliphatic heterocycles. The second-order valence-corrected chi connectivity index (χ2v) is 11.5. The highest BCUT2D eigenvalue weighted by molar-refractivity contribution is 7.80. The van der Waals surface area contributed by atoms with Gasteiger partial charge in [-0.3, -0.25) is 9.35 Å². The average molecular weight is 415 g/mol. The molecule has 0 aromatic heterocycles. The molecule has 0 spiro atoms. The van der Waals surface area contributed by atoms with Crippen molar-refractivity contribution in [3.63, 3.8) is 0 Å². The molecule has 0 aromatic rings. The highest BCUT2D eigenvalue weighted by Crippen LogP contribution is 2.67. The average Bonchev–Trinajstić information content (AvgIpc) is 2.92. The Kier molecular flexibility index (Phi) is 5.01. The summed E-state index contributed by atoms with van der Waals surface area (Å²) in [7, 11) is -4.47. The predicted molar refractivity (Wildman–Crippen MR) is 104 cm³/mol. The molecule has 2 unspecified atom stereocenters. The van der Waals surface area contributed by atoms with Crippen molar-refractivity contribution >= 4 is 16.2 Å². The van der Waals surface area contributed by atoms with Crippen LogP contribution in [0.5, 0.6) is 0 Å². The Morgan fingerprint density at radius 2 is 1.61 bits per heavy atom. The van der Waals surface area contributed by atoms with Crippen LogP contribution in [-0.2, 0) is 19.4 Å². The van der Waals surface area contributed by atoms with E-state index in [9.17, 15) is 18.3 Å². The molecule has 9 atom stereocenters. The second kappa shape index (κ2) is 6.76. The Morgan fingerprint density at radius 3 is 2.25 bits per heavy atom. The maximum atomic E-state index is 12.2. The van der Waals surface area contributed by atoms with Crippen LogP contribution in [0.2, 0.25) is 0 Å². The van der Waals surface area contributed by atoms with E-state index in [0.717, 1.165) is 38.5 Å². The van der Waals surface area contributed by atoms with E-state index in [-0.39, 0.29) is 22.7 Å². The third-order valence-electron chi connectivity index (χ3n) is 9.38. The summed E-state index contributed by atoms with van der Waals surface area (Å²) in [5, 5.41) is 11.1. The fourth-order valence-electron chi connectivity index (χ4n) is 8.19. The first-order chi connectivity index (χ1) is 13.0. The van der Waals surface area contributed by atoms with Crippen LogP contribution in [0.3, 0.4) is 0 Å². The SMILES string of the molecule is CC(=O)[C@H]1CC[C@H]2[C@@H]3CC(O)C4C[C@@H](OS(=O)(=O)O)CC[C@]4(C)[C@H]3CC[C@]12C. The monoisotopic (exact) mass is 414 g/mol. The summed E-state index contributed by atoms with van der Waals surface area (Å²) >= 11 is 0. The number of rotatable bonds is 3. The lowest BCUT2D eigenvalue weighted by Gasteiger charge is -2.62. The number of aliphatic hydroxyl groups is 1. The standard InChI is InChI=1S/C21H34O6S/c1-12(22)15-4-5-16-14-11-19(23)18-10-13(27-28(24,25)26)6-8-21(18,3)17(14)7-9-20(15,16)2/h13-19,23H,4-11H2,1-3H3,(H,24,25,26)/t13-,14-,15+,16-,17-,18?,19?,20+,21+/m0/s1. The first kappa shape index (κ1) is 20.8. The van der Waals surface area contributed by atoms with Crippen molar-refractivity contribution in [2.45, 2.75) is 84.3 Å². The van der Waals surface area contributed by atoms with Gasteiger partial charge in [0.2, 0.25) is 0 Å². The molecule has 0 saturated heterocycles. The van der Waals surface area contributed by atoms with E-state index >= 15 is 0 Å². The molecule has 4 saturated carbocycles. The van der Waals surface area contributed by atoms with Crippen LogP contribution in [-0.4, -0.2) is 36.1 Å². The zero-order chi connectivity index (χ0) is 20.5. The van der Waals surface area contributed by atoms with Crippen molar-refractivity contribution in [2.24, 2.45) is 40.4 Å². The van der Waals surface area contributed by atoms with Crippen molar-refractivity contribution < 1.29 is 27.1 Å². The van der Waals surface area contributed by atoms with Crippen molar-refractivity contribution in [1.82, 2.24) is 0 Å². The number of hydrogen-bond acceptors (Lipinski definition) is 5. The first-order valence-corrected chi connectivity index (χ1v) is 12.2. The van der Waals surface area contributed by atoms with Gasteiger partial charge >= 0.3 is 10.4 Å². The maximum Gasteiger partial charge on any atom is 0.397 e. The number of hydrogen-bond donors (Lipinski definition) is 2. The van der Waals surface area contributed by atoms with Crippen molar-refractivity contribution in [3.05, 3.63) is 0 Å². The van der Waals surface area contributed by atoms with Crippen molar-refractivity contribution in [1.29, 1.82) is 0 Å². The summed E-state index contributed by atoms with van der Waals surface area (Å²) in [5.41, 5.74) is 0.0122. The van der Waals surface area contributed by atoms with E-state index in [0.29, 0.717) is 36.4 Å². The third kappa shape index (κ3) is 3.17. The fourth-order valence-corrected chi connectivity index (χ4v) is 8.71. The summed E-state index contributed by atoms with van der Waals surface area (Å²) in [6, 6.07) is 0. The van der Waals surface area contributed by atoms with Crippen LogP contribution < -0.4 is 0 Å². The molecule has 4 rings (SSSR count). The van der Waals surface area contributed by atoms with E-state index in [4.69, 9.17) is 8.74 Å². The van der Waals surface area contributed by atoms with Crippen LogP contribution in [0.1, 0.15) is 72.1 Å². The smallest absolute Gasteiger partial charge is 0.393 e. The van der Waals surface area contributed by atoms with Gasteiger partial charge in [0.15, 0.2) is 0 Å². The van der Waals surface area contributed by atoms with Gasteiger partial charge in [0.1, 0.15) is 5.78 Å². The molecule has 6 nitrogen and oxygen atoms in total. The quantitative estimate of drug-likeness (QED) is 0.687. The number of aliphatic hydroxyl groups excluding tert-OH is 1. The molecule has 0 bridgehead atoms. The Bertz CT molecular complexity index is 750. The zero-order valence-electron chi connectivity index (χ0n) is 17.1. The molecule has 160 valence electrons. The number of ketones is 1. The highest BCUT2D eigenvalue weighted by Gasteiger charge is 2.62. The number of carbonyl (C=O) groups is 1. The summed E-state index contributed by atoms with van der Waals surface area (Å²) in [6.45, 7) is 6.29. The van der Waals surface area contributed by atoms with Crippen LogP contribution in [0.25, 0.3) is 0 Å². The van der Waals surface area contributed by atoms with Gasteiger partial charge in [-0.05, 0) is 92.8 Å². The molecule has 4 aliphatic carbocycles. The summed E-state index contributed by atoms with van der Waals surface area (Å²) in [4.78, 5) is 12.2. The number of carbonyl (C=O) groups excluding carboxylic acids is 1.